The van der Waals surface area contributed by atoms with E-state index in [2.05, 4.69) is 27.8 Å². The minimum Gasteiger partial charge on any atom is -0.496 e. The number of hydrogen-bond donors (Lipinski definition) is 0. The summed E-state index contributed by atoms with van der Waals surface area (Å²) in [5.41, 5.74) is 1.66. The first-order valence-corrected chi connectivity index (χ1v) is 9.89. The van der Waals surface area contributed by atoms with Gasteiger partial charge in [-0.1, -0.05) is 29.8 Å². The molecule has 6 heteroatoms. The molecule has 0 bridgehead atoms. The smallest absolute Gasteiger partial charge is 0.192 e. The molecule has 1 fully saturated rings. The Labute approximate surface area is 160 Å². The van der Waals surface area contributed by atoms with Gasteiger partial charge in [-0.15, -0.1) is 0 Å². The Morgan fingerprint density at radius 3 is 2.88 bits per heavy atom. The van der Waals surface area contributed by atoms with Crippen LogP contribution >= 0.6 is 39.3 Å². The Balaban J connectivity index is 1.86. The minimum atomic E-state index is -0.0922. The average Bonchev–Trinajstić information content (AvgIpc) is 2.77. The highest BCUT2D eigenvalue weighted by molar-refractivity contribution is 9.14. The van der Waals surface area contributed by atoms with E-state index < -0.39 is 0 Å². The quantitative estimate of drug-likeness (QED) is 0.437. The van der Waals surface area contributed by atoms with E-state index in [-0.39, 0.29) is 5.78 Å². The molecule has 0 atom stereocenters. The van der Waals surface area contributed by atoms with Gasteiger partial charge in [-0.05, 0) is 59.8 Å². The van der Waals surface area contributed by atoms with Gasteiger partial charge in [-0.25, -0.2) is 0 Å². The van der Waals surface area contributed by atoms with Gasteiger partial charge in [-0.2, -0.15) is 0 Å². The third kappa shape index (κ3) is 3.68. The van der Waals surface area contributed by atoms with Crippen LogP contribution in [0.25, 0.3) is 0 Å². The van der Waals surface area contributed by atoms with Crippen LogP contribution in [0.15, 0.2) is 38.8 Å². The number of ether oxygens (including phenoxy) is 1. The molecule has 2 aliphatic rings. The molecule has 3 rings (SSSR count). The van der Waals surface area contributed by atoms with Gasteiger partial charge in [0, 0.05) is 23.3 Å². The number of carbonyl (C=O) groups excluding carboxylic acids is 1. The van der Waals surface area contributed by atoms with E-state index in [1.54, 1.807) is 43.1 Å². The van der Waals surface area contributed by atoms with Gasteiger partial charge in [0.1, 0.15) is 5.75 Å². The second-order valence-electron chi connectivity index (χ2n) is 6.06. The molecule has 0 unspecified atom stereocenters. The van der Waals surface area contributed by atoms with Gasteiger partial charge < -0.3 is 9.64 Å². The normalized spacial score (nSPS) is 19.8. The van der Waals surface area contributed by atoms with Crippen molar-refractivity contribution in [3.8, 4) is 5.75 Å². The van der Waals surface area contributed by atoms with Crippen LogP contribution in [0.1, 0.15) is 36.5 Å². The second kappa shape index (κ2) is 7.54. The van der Waals surface area contributed by atoms with E-state index in [0.717, 1.165) is 21.3 Å². The first-order valence-electron chi connectivity index (χ1n) is 7.91. The maximum absolute atomic E-state index is 12.8. The van der Waals surface area contributed by atoms with Crippen LogP contribution in [0.3, 0.4) is 0 Å². The summed E-state index contributed by atoms with van der Waals surface area (Å²) in [6.07, 6.45) is 5.55. The fourth-order valence-corrected chi connectivity index (χ4v) is 4.64. The van der Waals surface area contributed by atoms with Crippen LogP contribution in [0.4, 0.5) is 0 Å². The molecule has 1 aliphatic heterocycles. The largest absolute Gasteiger partial charge is 0.496 e. The van der Waals surface area contributed by atoms with Crippen LogP contribution < -0.4 is 4.74 Å². The highest BCUT2D eigenvalue weighted by Gasteiger charge is 2.29. The summed E-state index contributed by atoms with van der Waals surface area (Å²) < 4.78 is 6.37. The Kier molecular flexibility index (Phi) is 5.63. The van der Waals surface area contributed by atoms with Gasteiger partial charge in [0.15, 0.2) is 5.78 Å². The molecule has 1 saturated carbocycles. The highest BCUT2D eigenvalue weighted by Crippen LogP contribution is 2.46. The summed E-state index contributed by atoms with van der Waals surface area (Å²) in [6, 6.07) is 5.10. The molecular formula is C18H19BrClNO2S. The van der Waals surface area contributed by atoms with Crippen molar-refractivity contribution in [2.24, 2.45) is 5.92 Å². The van der Waals surface area contributed by atoms with Crippen molar-refractivity contribution in [2.75, 3.05) is 13.7 Å². The average molecular weight is 429 g/mol. The van der Waals surface area contributed by atoms with Gasteiger partial charge in [-0.3, -0.25) is 4.79 Å². The molecule has 0 N–H and O–H groups in total. The molecule has 1 aromatic carbocycles. The second-order valence-corrected chi connectivity index (χ2v) is 8.85. The van der Waals surface area contributed by atoms with Gasteiger partial charge in [0.05, 0.1) is 21.5 Å². The van der Waals surface area contributed by atoms with E-state index in [4.69, 9.17) is 16.3 Å². The lowest BCUT2D eigenvalue weighted by Gasteiger charge is -2.32. The lowest BCUT2D eigenvalue weighted by Crippen LogP contribution is -2.28. The topological polar surface area (TPSA) is 29.5 Å². The van der Waals surface area contributed by atoms with Crippen molar-refractivity contribution in [3.63, 3.8) is 0 Å². The van der Waals surface area contributed by atoms with E-state index in [0.29, 0.717) is 16.3 Å². The van der Waals surface area contributed by atoms with Crippen LogP contribution in [0, 0.1) is 5.92 Å². The Morgan fingerprint density at radius 1 is 1.50 bits per heavy atom. The lowest BCUT2D eigenvalue weighted by atomic mass is 9.85. The number of thioether (sulfide) groups is 1. The molecular weight excluding hydrogens is 410 g/mol. The van der Waals surface area contributed by atoms with Crippen LogP contribution in [-0.2, 0) is 0 Å². The number of halogens is 2. The highest BCUT2D eigenvalue weighted by atomic mass is 79.9. The zero-order valence-electron chi connectivity index (χ0n) is 13.6. The summed E-state index contributed by atoms with van der Waals surface area (Å²) in [5.74, 6) is 1.17. The monoisotopic (exact) mass is 427 g/mol. The number of carbonyl (C=O) groups is 1. The lowest BCUT2D eigenvalue weighted by molar-refractivity contribution is 0.104. The number of allylic oxidation sites excluding steroid dienone is 2. The molecule has 0 saturated heterocycles. The minimum absolute atomic E-state index is 0.0922. The van der Waals surface area contributed by atoms with Crippen molar-refractivity contribution in [2.45, 2.75) is 26.2 Å². The van der Waals surface area contributed by atoms with Gasteiger partial charge >= 0.3 is 0 Å². The third-order valence-corrected chi connectivity index (χ3v) is 6.81. The first-order chi connectivity index (χ1) is 11.5. The maximum atomic E-state index is 12.8. The Morgan fingerprint density at radius 2 is 2.25 bits per heavy atom. The van der Waals surface area contributed by atoms with Gasteiger partial charge in [0.25, 0.3) is 0 Å². The van der Waals surface area contributed by atoms with Crippen LogP contribution in [-0.4, -0.2) is 24.3 Å². The molecule has 3 nitrogen and oxygen atoms in total. The number of hydrogen-bond acceptors (Lipinski definition) is 4. The molecule has 1 aliphatic carbocycles. The summed E-state index contributed by atoms with van der Waals surface area (Å²) in [4.78, 5) is 15.0. The van der Waals surface area contributed by atoms with Gasteiger partial charge in [0.2, 0.25) is 0 Å². The molecule has 0 radical (unpaired) electrons. The third-order valence-electron chi connectivity index (χ3n) is 4.50. The molecule has 128 valence electrons. The fraction of sp³-hybridized carbons (Fsp3) is 0.389. The predicted octanol–water partition coefficient (Wildman–Crippen LogP) is 5.81. The number of benzene rings is 1. The Bertz CT molecular complexity index is 728. The van der Waals surface area contributed by atoms with Crippen molar-refractivity contribution in [3.05, 3.63) is 49.4 Å². The van der Waals surface area contributed by atoms with E-state index in [9.17, 15) is 4.79 Å². The maximum Gasteiger partial charge on any atom is 0.192 e. The predicted molar refractivity (Wildman–Crippen MR) is 104 cm³/mol. The van der Waals surface area contributed by atoms with Crippen molar-refractivity contribution in [1.82, 2.24) is 4.90 Å². The summed E-state index contributed by atoms with van der Waals surface area (Å²) in [5, 5.41) is 1.48. The molecule has 0 spiro atoms. The van der Waals surface area contributed by atoms with E-state index in [1.165, 1.54) is 25.0 Å². The number of nitrogens with zero attached hydrogens (tertiary/aromatic N) is 1. The van der Waals surface area contributed by atoms with Crippen LogP contribution in [0.5, 0.6) is 5.75 Å². The molecule has 0 amide bonds. The molecule has 1 heterocycles. The number of methoxy groups -OCH3 is 1. The molecule has 0 aromatic heterocycles. The van der Waals surface area contributed by atoms with Crippen LogP contribution in [0.2, 0.25) is 5.02 Å². The fourth-order valence-electron chi connectivity index (χ4n) is 2.82. The molecule has 1 aromatic rings. The van der Waals surface area contributed by atoms with Crippen molar-refractivity contribution >= 4 is 45.1 Å². The SMILES string of the molecule is COc1ccc(Cl)cc1C(=O)/C=C1\SC(Br)=C(C)N1CC1CCC1. The first kappa shape index (κ1) is 17.9. The van der Waals surface area contributed by atoms with E-state index >= 15 is 0 Å². The zero-order chi connectivity index (χ0) is 17.3. The Hall–Kier alpha value is -0.910. The zero-order valence-corrected chi connectivity index (χ0v) is 16.8. The summed E-state index contributed by atoms with van der Waals surface area (Å²) in [6.45, 7) is 3.06. The van der Waals surface area contributed by atoms with E-state index in [1.807, 2.05) is 0 Å². The number of rotatable bonds is 5. The number of ketones is 1. The summed E-state index contributed by atoms with van der Waals surface area (Å²) >= 11 is 11.2. The summed E-state index contributed by atoms with van der Waals surface area (Å²) in [7, 11) is 1.56. The molecule has 24 heavy (non-hydrogen) atoms. The standard InChI is InChI=1S/C18H19BrClNO2S/c1-11-18(19)24-17(21(11)10-12-4-3-5-12)9-15(22)14-8-13(20)6-7-16(14)23-2/h6-9,12H,3-5,10H2,1-2H3/b17-9-. The van der Waals surface area contributed by atoms with Crippen molar-refractivity contribution < 1.29 is 9.53 Å². The van der Waals surface area contributed by atoms with Crippen molar-refractivity contribution in [1.29, 1.82) is 0 Å².